The topological polar surface area (TPSA) is 21.3 Å². The summed E-state index contributed by atoms with van der Waals surface area (Å²) >= 11 is 0. The molecule has 1 heterocycles. The normalized spacial score (nSPS) is 23.8. The molecule has 84 valence electrons. The molecule has 0 saturated carbocycles. The van der Waals surface area contributed by atoms with Crippen molar-refractivity contribution in [3.63, 3.8) is 0 Å². The third-order valence-electron chi connectivity index (χ3n) is 2.57. The van der Waals surface area contributed by atoms with Crippen LogP contribution in [0.25, 0.3) is 0 Å². The van der Waals surface area contributed by atoms with E-state index in [1.54, 1.807) is 0 Å². The Morgan fingerprint density at radius 1 is 1.29 bits per heavy atom. The summed E-state index contributed by atoms with van der Waals surface area (Å²) in [6.45, 7) is 9.96. The summed E-state index contributed by atoms with van der Waals surface area (Å²) in [4.78, 5) is 0. The number of nitrogens with one attached hydrogen (secondary N) is 1. The lowest BCUT2D eigenvalue weighted by Crippen LogP contribution is -2.30. The highest BCUT2D eigenvalue weighted by Gasteiger charge is 2.14. The molecule has 1 saturated heterocycles. The minimum absolute atomic E-state index is 0.396. The van der Waals surface area contributed by atoms with Gasteiger partial charge in [-0.25, -0.2) is 0 Å². The van der Waals surface area contributed by atoms with Gasteiger partial charge in [-0.05, 0) is 44.2 Å². The lowest BCUT2D eigenvalue weighted by atomic mass is 9.97. The second-order valence-corrected chi connectivity index (χ2v) is 5.51. The highest BCUT2D eigenvalue weighted by atomic mass is 16.5. The molecule has 1 aliphatic heterocycles. The highest BCUT2D eigenvalue weighted by Crippen LogP contribution is 2.15. The van der Waals surface area contributed by atoms with Gasteiger partial charge in [-0.2, -0.15) is 0 Å². The smallest absolute Gasteiger partial charge is 0.0587 e. The van der Waals surface area contributed by atoms with Crippen LogP contribution in [0, 0.1) is 5.41 Å². The molecule has 1 rings (SSSR count). The molecule has 2 heteroatoms. The lowest BCUT2D eigenvalue weighted by molar-refractivity contribution is 0.0113. The van der Waals surface area contributed by atoms with Gasteiger partial charge in [-0.1, -0.05) is 20.8 Å². The molecular weight excluding hydrogens is 174 g/mol. The van der Waals surface area contributed by atoms with Gasteiger partial charge in [0, 0.05) is 6.61 Å². The number of ether oxygens (including phenoxy) is 1. The average molecular weight is 199 g/mol. The first-order chi connectivity index (χ1) is 6.58. The van der Waals surface area contributed by atoms with Crippen molar-refractivity contribution in [2.45, 2.75) is 52.6 Å². The summed E-state index contributed by atoms with van der Waals surface area (Å²) in [6.07, 6.45) is 5.57. The van der Waals surface area contributed by atoms with Crippen molar-refractivity contribution in [3.8, 4) is 0 Å². The van der Waals surface area contributed by atoms with E-state index >= 15 is 0 Å². The van der Waals surface area contributed by atoms with Gasteiger partial charge >= 0.3 is 0 Å². The molecule has 0 spiro atoms. The Morgan fingerprint density at radius 2 is 2.07 bits per heavy atom. The summed E-state index contributed by atoms with van der Waals surface area (Å²) in [7, 11) is 0. The van der Waals surface area contributed by atoms with E-state index in [1.807, 2.05) is 0 Å². The van der Waals surface area contributed by atoms with Crippen LogP contribution >= 0.6 is 0 Å². The Balaban J connectivity index is 1.97. The standard InChI is InChI=1S/C12H25NO/c1-12(2,3)10-13-8-7-11-6-4-5-9-14-11/h11,13H,4-10H2,1-3H3. The number of hydrogen-bond donors (Lipinski definition) is 1. The van der Waals surface area contributed by atoms with Crippen LogP contribution in [0.3, 0.4) is 0 Å². The maximum atomic E-state index is 5.67. The van der Waals surface area contributed by atoms with Crippen LogP contribution in [-0.2, 0) is 4.74 Å². The molecule has 14 heavy (non-hydrogen) atoms. The molecular formula is C12H25NO. The van der Waals surface area contributed by atoms with E-state index in [9.17, 15) is 0 Å². The van der Waals surface area contributed by atoms with Crippen molar-refractivity contribution in [3.05, 3.63) is 0 Å². The van der Waals surface area contributed by atoms with Gasteiger partial charge in [0.25, 0.3) is 0 Å². The van der Waals surface area contributed by atoms with Crippen LogP contribution in [0.2, 0.25) is 0 Å². The first-order valence-corrected chi connectivity index (χ1v) is 5.90. The van der Waals surface area contributed by atoms with Crippen molar-refractivity contribution < 1.29 is 4.74 Å². The predicted octanol–water partition coefficient (Wildman–Crippen LogP) is 2.58. The summed E-state index contributed by atoms with van der Waals surface area (Å²) in [6, 6.07) is 0. The number of hydrogen-bond acceptors (Lipinski definition) is 2. The van der Waals surface area contributed by atoms with Crippen LogP contribution in [0.5, 0.6) is 0 Å². The fourth-order valence-corrected chi connectivity index (χ4v) is 1.76. The molecule has 1 N–H and O–H groups in total. The largest absolute Gasteiger partial charge is 0.378 e. The van der Waals surface area contributed by atoms with E-state index in [0.717, 1.165) is 19.7 Å². The Hall–Kier alpha value is -0.0800. The first kappa shape index (κ1) is 12.0. The molecule has 0 amide bonds. The summed E-state index contributed by atoms with van der Waals surface area (Å²) in [5.74, 6) is 0. The van der Waals surface area contributed by atoms with E-state index in [4.69, 9.17) is 4.74 Å². The van der Waals surface area contributed by atoms with E-state index in [1.165, 1.54) is 25.7 Å². The van der Waals surface area contributed by atoms with E-state index in [2.05, 4.69) is 26.1 Å². The second kappa shape index (κ2) is 5.72. The minimum Gasteiger partial charge on any atom is -0.378 e. The van der Waals surface area contributed by atoms with Gasteiger partial charge in [0.2, 0.25) is 0 Å². The highest BCUT2D eigenvalue weighted by molar-refractivity contribution is 4.68. The second-order valence-electron chi connectivity index (χ2n) is 5.51. The quantitative estimate of drug-likeness (QED) is 0.703. The fourth-order valence-electron chi connectivity index (χ4n) is 1.76. The summed E-state index contributed by atoms with van der Waals surface area (Å²) < 4.78 is 5.67. The van der Waals surface area contributed by atoms with Gasteiger partial charge in [0.1, 0.15) is 0 Å². The van der Waals surface area contributed by atoms with Gasteiger partial charge in [-0.15, -0.1) is 0 Å². The fraction of sp³-hybridized carbons (Fsp3) is 1.00. The van der Waals surface area contributed by atoms with E-state index in [0.29, 0.717) is 11.5 Å². The van der Waals surface area contributed by atoms with Crippen LogP contribution in [0.4, 0.5) is 0 Å². The zero-order valence-corrected chi connectivity index (χ0v) is 9.94. The van der Waals surface area contributed by atoms with E-state index in [-0.39, 0.29) is 0 Å². The third-order valence-corrected chi connectivity index (χ3v) is 2.57. The zero-order valence-electron chi connectivity index (χ0n) is 9.94. The molecule has 0 radical (unpaired) electrons. The molecule has 0 aliphatic carbocycles. The van der Waals surface area contributed by atoms with Gasteiger partial charge in [-0.3, -0.25) is 0 Å². The molecule has 1 unspecified atom stereocenters. The van der Waals surface area contributed by atoms with Crippen LogP contribution in [0.1, 0.15) is 46.5 Å². The van der Waals surface area contributed by atoms with E-state index < -0.39 is 0 Å². The average Bonchev–Trinajstić information content (AvgIpc) is 2.13. The lowest BCUT2D eigenvalue weighted by Gasteiger charge is -2.24. The van der Waals surface area contributed by atoms with Gasteiger partial charge in [0.15, 0.2) is 0 Å². The summed E-state index contributed by atoms with van der Waals surface area (Å²) in [5.41, 5.74) is 0.396. The third kappa shape index (κ3) is 5.61. The zero-order chi connectivity index (χ0) is 10.4. The Labute approximate surface area is 88.4 Å². The van der Waals surface area contributed by atoms with Gasteiger partial charge in [0.05, 0.1) is 6.10 Å². The maximum Gasteiger partial charge on any atom is 0.0587 e. The van der Waals surface area contributed by atoms with Crippen LogP contribution in [-0.4, -0.2) is 25.8 Å². The molecule has 1 atom stereocenters. The monoisotopic (exact) mass is 199 g/mol. The molecule has 1 fully saturated rings. The van der Waals surface area contributed by atoms with Crippen LogP contribution < -0.4 is 5.32 Å². The predicted molar refractivity (Wildman–Crippen MR) is 60.5 cm³/mol. The first-order valence-electron chi connectivity index (χ1n) is 5.90. The Bertz CT molecular complexity index is 145. The molecule has 0 aromatic rings. The van der Waals surface area contributed by atoms with Crippen molar-refractivity contribution >= 4 is 0 Å². The number of rotatable bonds is 4. The maximum absolute atomic E-state index is 5.67. The van der Waals surface area contributed by atoms with Crippen LogP contribution in [0.15, 0.2) is 0 Å². The SMILES string of the molecule is CC(C)(C)CNCCC1CCCCO1. The molecule has 0 aromatic heterocycles. The van der Waals surface area contributed by atoms with Gasteiger partial charge < -0.3 is 10.1 Å². The van der Waals surface area contributed by atoms with Crippen molar-refractivity contribution in [2.24, 2.45) is 5.41 Å². The summed E-state index contributed by atoms with van der Waals surface area (Å²) in [5, 5.41) is 3.49. The Morgan fingerprint density at radius 3 is 2.64 bits per heavy atom. The molecule has 0 aromatic carbocycles. The van der Waals surface area contributed by atoms with Crippen molar-refractivity contribution in [1.29, 1.82) is 0 Å². The molecule has 2 nitrogen and oxygen atoms in total. The van der Waals surface area contributed by atoms with Crippen molar-refractivity contribution in [1.82, 2.24) is 5.32 Å². The molecule has 0 bridgehead atoms. The Kier molecular flexibility index (Phi) is 4.90. The minimum atomic E-state index is 0.396. The molecule has 1 aliphatic rings. The van der Waals surface area contributed by atoms with Crippen molar-refractivity contribution in [2.75, 3.05) is 19.7 Å².